The maximum atomic E-state index is 13.4. The van der Waals surface area contributed by atoms with Crippen LogP contribution in [0, 0.1) is 11.6 Å². The lowest BCUT2D eigenvalue weighted by molar-refractivity contribution is -0.118. The van der Waals surface area contributed by atoms with Crippen molar-refractivity contribution in [3.8, 4) is 0 Å². The molecule has 2 aromatic carbocycles. The van der Waals surface area contributed by atoms with Crippen molar-refractivity contribution in [2.45, 2.75) is 17.7 Å². The molecule has 0 saturated carbocycles. The molecule has 5 heteroatoms. The highest BCUT2D eigenvalue weighted by Crippen LogP contribution is 2.22. The fourth-order valence-electron chi connectivity index (χ4n) is 1.95. The quantitative estimate of drug-likeness (QED) is 0.816. The second kappa shape index (κ2) is 7.94. The number of hydrogen-bond acceptors (Lipinski definition) is 2. The van der Waals surface area contributed by atoms with Crippen molar-refractivity contribution in [1.29, 1.82) is 0 Å². The van der Waals surface area contributed by atoms with Crippen molar-refractivity contribution in [2.24, 2.45) is 0 Å². The number of benzene rings is 2. The Hall–Kier alpha value is -1.88. The molecule has 0 spiro atoms. The summed E-state index contributed by atoms with van der Waals surface area (Å²) in [6, 6.07) is 13.1. The van der Waals surface area contributed by atoms with Crippen LogP contribution in [0.3, 0.4) is 0 Å². The Bertz CT molecular complexity index is 634. The molecule has 2 aromatic rings. The molecule has 2 rings (SSSR count). The Morgan fingerprint density at radius 1 is 1.18 bits per heavy atom. The van der Waals surface area contributed by atoms with Crippen molar-refractivity contribution < 1.29 is 13.6 Å². The molecule has 1 amide bonds. The van der Waals surface area contributed by atoms with Crippen LogP contribution in [-0.2, 0) is 4.79 Å². The Morgan fingerprint density at radius 2 is 1.91 bits per heavy atom. The smallest absolute Gasteiger partial charge is 0.230 e. The topological polar surface area (TPSA) is 29.1 Å². The number of carbonyl (C=O) groups excluding carboxylic acids is 1. The lowest BCUT2D eigenvalue weighted by atomic mass is 10.0. The summed E-state index contributed by atoms with van der Waals surface area (Å²) in [6.07, 6.45) is 0. The van der Waals surface area contributed by atoms with Crippen molar-refractivity contribution in [3.05, 3.63) is 65.7 Å². The minimum atomic E-state index is -0.517. The summed E-state index contributed by atoms with van der Waals surface area (Å²) >= 11 is 0.990. The lowest BCUT2D eigenvalue weighted by Crippen LogP contribution is -2.29. The van der Waals surface area contributed by atoms with Crippen LogP contribution in [0.15, 0.2) is 53.4 Å². The summed E-state index contributed by atoms with van der Waals surface area (Å²) in [7, 11) is 0. The standard InChI is InChI=1S/C17H17F2NOS/c1-12(13-5-3-2-4-6-13)10-20-17(21)11-22-16-9-14(18)7-8-15(16)19/h2-9,12H,10-11H2,1H3,(H,20,21)/t12-/m0/s1. The molecule has 0 aliphatic heterocycles. The van der Waals surface area contributed by atoms with Crippen LogP contribution in [0.5, 0.6) is 0 Å². The van der Waals surface area contributed by atoms with E-state index in [1.807, 2.05) is 37.3 Å². The summed E-state index contributed by atoms with van der Waals surface area (Å²) in [4.78, 5) is 11.9. The molecular weight excluding hydrogens is 304 g/mol. The predicted molar refractivity (Wildman–Crippen MR) is 84.9 cm³/mol. The van der Waals surface area contributed by atoms with Gasteiger partial charge in [-0.2, -0.15) is 0 Å². The number of carbonyl (C=O) groups is 1. The van der Waals surface area contributed by atoms with Gasteiger partial charge in [0.2, 0.25) is 5.91 Å². The van der Waals surface area contributed by atoms with E-state index >= 15 is 0 Å². The molecule has 22 heavy (non-hydrogen) atoms. The fourth-order valence-corrected chi connectivity index (χ4v) is 2.74. The molecule has 2 nitrogen and oxygen atoms in total. The van der Waals surface area contributed by atoms with E-state index in [4.69, 9.17) is 0 Å². The van der Waals surface area contributed by atoms with Crippen molar-refractivity contribution in [1.82, 2.24) is 5.32 Å². The summed E-state index contributed by atoms with van der Waals surface area (Å²) in [5.41, 5.74) is 1.15. The number of halogens is 2. The van der Waals surface area contributed by atoms with Crippen LogP contribution in [0.2, 0.25) is 0 Å². The minimum absolute atomic E-state index is 0.0574. The monoisotopic (exact) mass is 321 g/mol. The molecule has 116 valence electrons. The van der Waals surface area contributed by atoms with Gasteiger partial charge in [-0.3, -0.25) is 4.79 Å². The van der Waals surface area contributed by atoms with Crippen LogP contribution < -0.4 is 5.32 Å². The molecule has 0 unspecified atom stereocenters. The van der Waals surface area contributed by atoms with Gasteiger partial charge in [-0.25, -0.2) is 8.78 Å². The Balaban J connectivity index is 1.80. The predicted octanol–water partition coefficient (Wildman–Crippen LogP) is 3.98. The van der Waals surface area contributed by atoms with E-state index in [2.05, 4.69) is 5.32 Å². The van der Waals surface area contributed by atoms with Gasteiger partial charge in [-0.15, -0.1) is 11.8 Å². The number of amides is 1. The van der Waals surface area contributed by atoms with Gasteiger partial charge in [0.25, 0.3) is 0 Å². The number of thioether (sulfide) groups is 1. The maximum absolute atomic E-state index is 13.4. The van der Waals surface area contributed by atoms with Crippen LogP contribution in [0.4, 0.5) is 8.78 Å². The molecule has 0 heterocycles. The van der Waals surface area contributed by atoms with Gasteiger partial charge in [0, 0.05) is 11.4 Å². The first-order valence-electron chi connectivity index (χ1n) is 6.95. The third kappa shape index (κ3) is 4.84. The molecule has 0 saturated heterocycles. The molecule has 1 N–H and O–H groups in total. The van der Waals surface area contributed by atoms with Gasteiger partial charge < -0.3 is 5.32 Å². The van der Waals surface area contributed by atoms with Crippen LogP contribution in [-0.4, -0.2) is 18.2 Å². The van der Waals surface area contributed by atoms with E-state index in [1.54, 1.807) is 0 Å². The zero-order valence-electron chi connectivity index (χ0n) is 12.2. The van der Waals surface area contributed by atoms with Crippen molar-refractivity contribution in [2.75, 3.05) is 12.3 Å². The van der Waals surface area contributed by atoms with E-state index < -0.39 is 11.6 Å². The number of rotatable bonds is 6. The average Bonchev–Trinajstić information content (AvgIpc) is 2.54. The molecule has 0 aromatic heterocycles. The van der Waals surface area contributed by atoms with Gasteiger partial charge in [0.1, 0.15) is 11.6 Å². The van der Waals surface area contributed by atoms with Crippen molar-refractivity contribution in [3.63, 3.8) is 0 Å². The van der Waals surface area contributed by atoms with Gasteiger partial charge >= 0.3 is 0 Å². The van der Waals surface area contributed by atoms with Crippen LogP contribution in [0.1, 0.15) is 18.4 Å². The highest BCUT2D eigenvalue weighted by molar-refractivity contribution is 8.00. The van der Waals surface area contributed by atoms with Gasteiger partial charge in [-0.1, -0.05) is 37.3 Å². The molecule has 0 aliphatic carbocycles. The second-order valence-electron chi connectivity index (χ2n) is 4.98. The van der Waals surface area contributed by atoms with E-state index in [1.165, 1.54) is 0 Å². The summed E-state index contributed by atoms with van der Waals surface area (Å²) in [6.45, 7) is 2.53. The highest BCUT2D eigenvalue weighted by atomic mass is 32.2. The first-order chi connectivity index (χ1) is 10.6. The van der Waals surface area contributed by atoms with Crippen molar-refractivity contribution >= 4 is 17.7 Å². The van der Waals surface area contributed by atoms with E-state index in [9.17, 15) is 13.6 Å². The highest BCUT2D eigenvalue weighted by Gasteiger charge is 2.10. The van der Waals surface area contributed by atoms with E-state index in [0.29, 0.717) is 6.54 Å². The molecule has 0 bridgehead atoms. The largest absolute Gasteiger partial charge is 0.355 e. The zero-order valence-corrected chi connectivity index (χ0v) is 13.0. The van der Waals surface area contributed by atoms with Gasteiger partial charge in [0.15, 0.2) is 0 Å². The number of nitrogens with one attached hydrogen (secondary N) is 1. The fraction of sp³-hybridized carbons (Fsp3) is 0.235. The Morgan fingerprint density at radius 3 is 2.64 bits per heavy atom. The molecule has 0 fully saturated rings. The Labute approximate surface area is 132 Å². The third-order valence-electron chi connectivity index (χ3n) is 3.23. The average molecular weight is 321 g/mol. The first kappa shape index (κ1) is 16.5. The maximum Gasteiger partial charge on any atom is 0.230 e. The Kier molecular flexibility index (Phi) is 5.95. The van der Waals surface area contributed by atoms with Gasteiger partial charge in [-0.05, 0) is 29.7 Å². The lowest BCUT2D eigenvalue weighted by Gasteiger charge is -2.13. The van der Waals surface area contributed by atoms with E-state index in [-0.39, 0.29) is 22.5 Å². The minimum Gasteiger partial charge on any atom is -0.355 e. The van der Waals surface area contributed by atoms with E-state index in [0.717, 1.165) is 35.5 Å². The number of hydrogen-bond donors (Lipinski definition) is 1. The summed E-state index contributed by atoms with van der Waals surface area (Å²) in [5, 5.41) is 2.81. The third-order valence-corrected chi connectivity index (χ3v) is 4.26. The molecular formula is C17H17F2NOS. The SMILES string of the molecule is C[C@@H](CNC(=O)CSc1cc(F)ccc1F)c1ccccc1. The first-order valence-corrected chi connectivity index (χ1v) is 7.94. The van der Waals surface area contributed by atoms with Gasteiger partial charge in [0.05, 0.1) is 5.75 Å². The van der Waals surface area contributed by atoms with Crippen LogP contribution >= 0.6 is 11.8 Å². The summed E-state index contributed by atoms with van der Waals surface area (Å²) in [5.74, 6) is -0.974. The summed E-state index contributed by atoms with van der Waals surface area (Å²) < 4.78 is 26.5. The second-order valence-corrected chi connectivity index (χ2v) is 6.00. The van der Waals surface area contributed by atoms with Crippen LogP contribution in [0.25, 0.3) is 0 Å². The molecule has 1 atom stereocenters. The molecule has 0 aliphatic rings. The molecule has 0 radical (unpaired) electrons. The zero-order chi connectivity index (χ0) is 15.9. The normalized spacial score (nSPS) is 12.0.